The van der Waals surface area contributed by atoms with Crippen molar-refractivity contribution in [2.24, 2.45) is 0 Å². The third kappa shape index (κ3) is 2.01. The molecule has 0 aromatic heterocycles. The van der Waals surface area contributed by atoms with Crippen LogP contribution in [-0.2, 0) is 15.1 Å². The van der Waals surface area contributed by atoms with Crippen molar-refractivity contribution in [3.63, 3.8) is 0 Å². The Hall–Kier alpha value is -1.57. The highest BCUT2D eigenvalue weighted by atomic mass is 16.6. The maximum absolute atomic E-state index is 11.4. The van der Waals surface area contributed by atoms with Gasteiger partial charge in [0.05, 0.1) is 0 Å². The summed E-state index contributed by atoms with van der Waals surface area (Å²) in [6.45, 7) is 2.11. The first kappa shape index (κ1) is 10.9. The van der Waals surface area contributed by atoms with E-state index < -0.39 is 5.60 Å². The molecule has 1 atom stereocenters. The molecule has 2 nitrogen and oxygen atoms in total. The van der Waals surface area contributed by atoms with Crippen molar-refractivity contribution in [1.29, 1.82) is 0 Å². The Balaban J connectivity index is 2.36. The summed E-state index contributed by atoms with van der Waals surface area (Å²) < 4.78 is 5.57. The van der Waals surface area contributed by atoms with Gasteiger partial charge in [0.1, 0.15) is 5.60 Å². The average Bonchev–Trinajstić information content (AvgIpc) is 2.31. The lowest BCUT2D eigenvalue weighted by Gasteiger charge is -2.34. The molecule has 0 saturated heterocycles. The molecule has 0 aliphatic carbocycles. The third-order valence-corrected chi connectivity index (χ3v) is 2.95. The van der Waals surface area contributed by atoms with Gasteiger partial charge in [0.25, 0.3) is 0 Å². The lowest BCUT2D eigenvalue weighted by atomic mass is 9.85. The number of hydrogen-bond acceptors (Lipinski definition) is 2. The van der Waals surface area contributed by atoms with Gasteiger partial charge in [-0.1, -0.05) is 49.8 Å². The lowest BCUT2D eigenvalue weighted by molar-refractivity contribution is -0.157. The van der Waals surface area contributed by atoms with Crippen LogP contribution in [0.25, 0.3) is 0 Å². The van der Waals surface area contributed by atoms with Crippen molar-refractivity contribution in [3.05, 3.63) is 48.0 Å². The zero-order valence-electron chi connectivity index (χ0n) is 9.48. The first-order valence-electron chi connectivity index (χ1n) is 5.72. The van der Waals surface area contributed by atoms with Gasteiger partial charge in [-0.15, -0.1) is 0 Å². The van der Waals surface area contributed by atoms with E-state index in [9.17, 15) is 4.79 Å². The number of esters is 1. The van der Waals surface area contributed by atoms with Crippen LogP contribution >= 0.6 is 0 Å². The maximum Gasteiger partial charge on any atom is 0.331 e. The van der Waals surface area contributed by atoms with Crippen LogP contribution < -0.4 is 0 Å². The number of carbonyl (C=O) groups is 1. The molecule has 1 aromatic carbocycles. The number of ether oxygens (including phenoxy) is 1. The molecule has 0 bridgehead atoms. The normalized spacial score (nSPS) is 24.2. The van der Waals surface area contributed by atoms with Crippen molar-refractivity contribution < 1.29 is 9.53 Å². The Labute approximate surface area is 95.9 Å². The van der Waals surface area contributed by atoms with Gasteiger partial charge in [0.15, 0.2) is 0 Å². The molecule has 0 fully saturated rings. The molecule has 1 aromatic rings. The minimum atomic E-state index is -0.443. The number of rotatable bonds is 3. The molecular weight excluding hydrogens is 200 g/mol. The van der Waals surface area contributed by atoms with E-state index in [2.05, 4.69) is 6.92 Å². The minimum absolute atomic E-state index is 0.233. The maximum atomic E-state index is 11.4. The largest absolute Gasteiger partial charge is 0.451 e. The smallest absolute Gasteiger partial charge is 0.331 e. The van der Waals surface area contributed by atoms with Gasteiger partial charge in [-0.25, -0.2) is 4.79 Å². The summed E-state index contributed by atoms with van der Waals surface area (Å²) in [6, 6.07) is 10.0. The van der Waals surface area contributed by atoms with Crippen LogP contribution in [0.5, 0.6) is 0 Å². The Morgan fingerprint density at radius 2 is 2.06 bits per heavy atom. The van der Waals surface area contributed by atoms with Crippen molar-refractivity contribution in [1.82, 2.24) is 0 Å². The van der Waals surface area contributed by atoms with E-state index in [1.165, 1.54) is 6.08 Å². The standard InChI is InChI=1S/C14H16O2/c1-2-10-14(11-6-9-13(15)16-14)12-7-4-3-5-8-12/h3-9H,2,10-11H2,1H3/t14-/m0/s1. The van der Waals surface area contributed by atoms with E-state index in [1.807, 2.05) is 36.4 Å². The van der Waals surface area contributed by atoms with E-state index in [0.717, 1.165) is 24.8 Å². The van der Waals surface area contributed by atoms with Gasteiger partial charge in [-0.2, -0.15) is 0 Å². The van der Waals surface area contributed by atoms with Crippen LogP contribution in [0.2, 0.25) is 0 Å². The summed E-state index contributed by atoms with van der Waals surface area (Å²) in [6.07, 6.45) is 6.06. The van der Waals surface area contributed by atoms with E-state index in [-0.39, 0.29) is 5.97 Å². The zero-order valence-corrected chi connectivity index (χ0v) is 9.48. The Kier molecular flexibility index (Phi) is 3.09. The summed E-state index contributed by atoms with van der Waals surface area (Å²) in [5, 5.41) is 0. The Morgan fingerprint density at radius 1 is 1.31 bits per heavy atom. The van der Waals surface area contributed by atoms with Crippen molar-refractivity contribution >= 4 is 5.97 Å². The van der Waals surface area contributed by atoms with E-state index >= 15 is 0 Å². The van der Waals surface area contributed by atoms with Crippen LogP contribution in [0, 0.1) is 0 Å². The van der Waals surface area contributed by atoms with Gasteiger partial charge in [0.2, 0.25) is 0 Å². The zero-order chi connectivity index (χ0) is 11.4. The molecule has 0 N–H and O–H groups in total. The van der Waals surface area contributed by atoms with Gasteiger partial charge >= 0.3 is 5.97 Å². The van der Waals surface area contributed by atoms with Crippen LogP contribution in [0.3, 0.4) is 0 Å². The van der Waals surface area contributed by atoms with E-state index in [4.69, 9.17) is 4.74 Å². The number of benzene rings is 1. The molecule has 2 heteroatoms. The molecule has 84 valence electrons. The van der Waals surface area contributed by atoms with Gasteiger partial charge in [-0.05, 0) is 12.0 Å². The first-order chi connectivity index (χ1) is 7.77. The second-order valence-corrected chi connectivity index (χ2v) is 4.14. The molecular formula is C14H16O2. The van der Waals surface area contributed by atoms with Crippen LogP contribution in [0.15, 0.2) is 42.5 Å². The Bertz CT molecular complexity index is 394. The summed E-state index contributed by atoms with van der Waals surface area (Å²) in [5.74, 6) is -0.233. The Morgan fingerprint density at radius 3 is 2.69 bits per heavy atom. The highest BCUT2D eigenvalue weighted by Gasteiger charge is 2.35. The molecule has 0 spiro atoms. The fourth-order valence-electron chi connectivity index (χ4n) is 2.23. The highest BCUT2D eigenvalue weighted by molar-refractivity contribution is 5.83. The van der Waals surface area contributed by atoms with Gasteiger partial charge < -0.3 is 4.74 Å². The monoisotopic (exact) mass is 216 g/mol. The minimum Gasteiger partial charge on any atom is -0.451 e. The molecule has 0 unspecified atom stereocenters. The molecule has 16 heavy (non-hydrogen) atoms. The fourth-order valence-corrected chi connectivity index (χ4v) is 2.23. The molecule has 1 heterocycles. The van der Waals surface area contributed by atoms with Crippen LogP contribution in [0.4, 0.5) is 0 Å². The molecule has 2 rings (SSSR count). The van der Waals surface area contributed by atoms with Crippen LogP contribution in [-0.4, -0.2) is 5.97 Å². The predicted octanol–water partition coefficient (Wildman–Crippen LogP) is 3.19. The topological polar surface area (TPSA) is 26.3 Å². The fraction of sp³-hybridized carbons (Fsp3) is 0.357. The predicted molar refractivity (Wildman–Crippen MR) is 62.9 cm³/mol. The number of carbonyl (C=O) groups excluding carboxylic acids is 1. The second kappa shape index (κ2) is 4.52. The molecule has 0 amide bonds. The van der Waals surface area contributed by atoms with E-state index in [0.29, 0.717) is 0 Å². The van der Waals surface area contributed by atoms with E-state index in [1.54, 1.807) is 0 Å². The molecule has 1 aliphatic heterocycles. The summed E-state index contributed by atoms with van der Waals surface area (Å²) in [7, 11) is 0. The van der Waals surface area contributed by atoms with Crippen LogP contribution in [0.1, 0.15) is 31.7 Å². The molecule has 0 radical (unpaired) electrons. The summed E-state index contributed by atoms with van der Waals surface area (Å²) in [5.41, 5.74) is 0.650. The summed E-state index contributed by atoms with van der Waals surface area (Å²) in [4.78, 5) is 11.4. The molecule has 1 aliphatic rings. The van der Waals surface area contributed by atoms with Gasteiger partial charge in [-0.3, -0.25) is 0 Å². The highest BCUT2D eigenvalue weighted by Crippen LogP contribution is 2.37. The van der Waals surface area contributed by atoms with Crippen molar-refractivity contribution in [2.75, 3.05) is 0 Å². The third-order valence-electron chi connectivity index (χ3n) is 2.95. The lowest BCUT2D eigenvalue weighted by Crippen LogP contribution is -2.33. The number of cyclic esters (lactones) is 1. The summed E-state index contributed by atoms with van der Waals surface area (Å²) >= 11 is 0. The molecule has 0 saturated carbocycles. The van der Waals surface area contributed by atoms with Gasteiger partial charge in [0, 0.05) is 12.5 Å². The van der Waals surface area contributed by atoms with Crippen molar-refractivity contribution in [3.8, 4) is 0 Å². The van der Waals surface area contributed by atoms with Crippen molar-refractivity contribution in [2.45, 2.75) is 31.8 Å². The second-order valence-electron chi connectivity index (χ2n) is 4.14. The quantitative estimate of drug-likeness (QED) is 0.725. The average molecular weight is 216 g/mol. The first-order valence-corrected chi connectivity index (χ1v) is 5.72. The SMILES string of the molecule is CCC[C@@]1(c2ccccc2)CC=CC(=O)O1. The number of hydrogen-bond donors (Lipinski definition) is 0.